The van der Waals surface area contributed by atoms with Gasteiger partial charge in [0.05, 0.1) is 5.56 Å². The predicted molar refractivity (Wildman–Crippen MR) is 95.3 cm³/mol. The van der Waals surface area contributed by atoms with E-state index >= 15 is 0 Å². The first-order chi connectivity index (χ1) is 11.5. The minimum absolute atomic E-state index is 0.366. The zero-order valence-electron chi connectivity index (χ0n) is 14.1. The van der Waals surface area contributed by atoms with Crippen molar-refractivity contribution in [3.05, 3.63) is 59.7 Å². The van der Waals surface area contributed by atoms with Crippen molar-refractivity contribution in [3.63, 3.8) is 0 Å². The molecule has 0 aliphatic carbocycles. The molecule has 1 atom stereocenters. The van der Waals surface area contributed by atoms with Crippen molar-refractivity contribution in [1.82, 2.24) is 0 Å². The highest BCUT2D eigenvalue weighted by Crippen LogP contribution is 2.17. The number of para-hydroxylation sites is 1. The second-order valence-corrected chi connectivity index (χ2v) is 5.38. The van der Waals surface area contributed by atoms with Gasteiger partial charge in [-0.25, -0.2) is 4.79 Å². The minimum atomic E-state index is -0.895. The topological polar surface area (TPSA) is 67.4 Å². The summed E-state index contributed by atoms with van der Waals surface area (Å²) in [6.45, 7) is 3.62. The molecule has 5 nitrogen and oxygen atoms in total. The molecule has 0 bridgehead atoms. The monoisotopic (exact) mass is 326 g/mol. The summed E-state index contributed by atoms with van der Waals surface area (Å²) in [4.78, 5) is 24.4. The molecule has 2 aromatic carbocycles. The number of rotatable bonds is 6. The van der Waals surface area contributed by atoms with E-state index in [1.165, 1.54) is 5.56 Å². The van der Waals surface area contributed by atoms with Crippen molar-refractivity contribution in [2.45, 2.75) is 26.4 Å². The van der Waals surface area contributed by atoms with Gasteiger partial charge in [0.1, 0.15) is 0 Å². The zero-order valence-corrected chi connectivity index (χ0v) is 14.1. The molecule has 5 heteroatoms. The van der Waals surface area contributed by atoms with Gasteiger partial charge < -0.3 is 15.4 Å². The lowest BCUT2D eigenvalue weighted by Crippen LogP contribution is -2.30. The Bertz CT molecular complexity index is 711. The van der Waals surface area contributed by atoms with Crippen LogP contribution in [0.2, 0.25) is 0 Å². The highest BCUT2D eigenvalue weighted by Gasteiger charge is 2.20. The predicted octanol–water partition coefficient (Wildman–Crippen LogP) is 3.47. The second-order valence-electron chi connectivity index (χ2n) is 5.38. The Morgan fingerprint density at radius 3 is 2.38 bits per heavy atom. The van der Waals surface area contributed by atoms with Gasteiger partial charge >= 0.3 is 5.97 Å². The van der Waals surface area contributed by atoms with Crippen LogP contribution in [0, 0.1) is 0 Å². The third-order valence-electron chi connectivity index (χ3n) is 3.70. The van der Waals surface area contributed by atoms with Crippen LogP contribution < -0.4 is 10.6 Å². The van der Waals surface area contributed by atoms with Gasteiger partial charge in [-0.05, 0) is 43.2 Å². The lowest BCUT2D eigenvalue weighted by atomic mass is 10.1. The smallest absolute Gasteiger partial charge is 0.341 e. The van der Waals surface area contributed by atoms with Crippen molar-refractivity contribution in [2.24, 2.45) is 0 Å². The molecule has 2 N–H and O–H groups in total. The fourth-order valence-electron chi connectivity index (χ4n) is 2.22. The average Bonchev–Trinajstić information content (AvgIpc) is 2.62. The molecule has 0 saturated carbocycles. The van der Waals surface area contributed by atoms with Crippen LogP contribution in [0.4, 0.5) is 11.4 Å². The summed E-state index contributed by atoms with van der Waals surface area (Å²) in [6, 6.07) is 14.6. The summed E-state index contributed by atoms with van der Waals surface area (Å²) in [5, 5.41) is 5.67. The van der Waals surface area contributed by atoms with Gasteiger partial charge in [-0.3, -0.25) is 4.79 Å². The normalized spacial score (nSPS) is 11.5. The Hall–Kier alpha value is -2.82. The summed E-state index contributed by atoms with van der Waals surface area (Å²) in [7, 11) is 1.72. The summed E-state index contributed by atoms with van der Waals surface area (Å²) < 4.78 is 5.27. The van der Waals surface area contributed by atoms with E-state index in [0.717, 1.165) is 6.42 Å². The fraction of sp³-hybridized carbons (Fsp3) is 0.263. The molecule has 0 heterocycles. The van der Waals surface area contributed by atoms with Crippen LogP contribution in [0.1, 0.15) is 29.8 Å². The molecular weight excluding hydrogens is 304 g/mol. The first-order valence-electron chi connectivity index (χ1n) is 7.92. The number of carbonyl (C=O) groups is 2. The number of anilines is 2. The third-order valence-corrected chi connectivity index (χ3v) is 3.70. The fourth-order valence-corrected chi connectivity index (χ4v) is 2.22. The van der Waals surface area contributed by atoms with Crippen molar-refractivity contribution < 1.29 is 14.3 Å². The van der Waals surface area contributed by atoms with E-state index in [9.17, 15) is 9.59 Å². The number of carbonyl (C=O) groups excluding carboxylic acids is 2. The van der Waals surface area contributed by atoms with Gasteiger partial charge in [-0.15, -0.1) is 0 Å². The van der Waals surface area contributed by atoms with Crippen molar-refractivity contribution >= 4 is 23.3 Å². The first-order valence-corrected chi connectivity index (χ1v) is 7.92. The maximum atomic E-state index is 12.2. The highest BCUT2D eigenvalue weighted by atomic mass is 16.5. The molecule has 0 aliphatic heterocycles. The Labute approximate surface area is 142 Å². The molecule has 0 aliphatic rings. The molecule has 0 unspecified atom stereocenters. The molecule has 2 aromatic rings. The zero-order chi connectivity index (χ0) is 17.5. The molecule has 0 saturated heterocycles. The van der Waals surface area contributed by atoms with E-state index in [2.05, 4.69) is 17.6 Å². The molecule has 1 amide bonds. The minimum Gasteiger partial charge on any atom is -0.449 e. The summed E-state index contributed by atoms with van der Waals surface area (Å²) >= 11 is 0. The molecule has 0 fully saturated rings. The van der Waals surface area contributed by atoms with Crippen LogP contribution >= 0.6 is 0 Å². The van der Waals surface area contributed by atoms with Gasteiger partial charge in [0.15, 0.2) is 6.10 Å². The maximum absolute atomic E-state index is 12.2. The Balaban J connectivity index is 1.98. The maximum Gasteiger partial charge on any atom is 0.341 e. The summed E-state index contributed by atoms with van der Waals surface area (Å²) in [5.74, 6) is -0.904. The van der Waals surface area contributed by atoms with E-state index in [1.54, 1.807) is 32.2 Å². The number of hydrogen-bond donors (Lipinski definition) is 2. The molecule has 0 spiro atoms. The van der Waals surface area contributed by atoms with Crippen LogP contribution in [0.15, 0.2) is 48.5 Å². The van der Waals surface area contributed by atoms with Gasteiger partial charge in [0.25, 0.3) is 5.91 Å². The SMILES string of the molecule is CCc1ccc(NC(=O)[C@H](C)OC(=O)c2ccccc2NC)cc1. The number of aryl methyl sites for hydroxylation is 1. The van der Waals surface area contributed by atoms with Crippen LogP contribution in [0.25, 0.3) is 0 Å². The molecule has 126 valence electrons. The Morgan fingerprint density at radius 1 is 1.08 bits per heavy atom. The van der Waals surface area contributed by atoms with Gasteiger partial charge in [-0.1, -0.05) is 31.2 Å². The number of amides is 1. The Kier molecular flexibility index (Phi) is 5.95. The summed E-state index contributed by atoms with van der Waals surface area (Å²) in [6.07, 6.45) is 0.0425. The number of esters is 1. The van der Waals surface area contributed by atoms with Crippen molar-refractivity contribution in [3.8, 4) is 0 Å². The van der Waals surface area contributed by atoms with Gasteiger partial charge in [-0.2, -0.15) is 0 Å². The van der Waals surface area contributed by atoms with Gasteiger partial charge in [0.2, 0.25) is 0 Å². The van der Waals surface area contributed by atoms with Crippen LogP contribution in [-0.2, 0) is 16.0 Å². The van der Waals surface area contributed by atoms with E-state index in [4.69, 9.17) is 4.74 Å². The lowest BCUT2D eigenvalue weighted by molar-refractivity contribution is -0.123. The molecular formula is C19H22N2O3. The third kappa shape index (κ3) is 4.35. The number of hydrogen-bond acceptors (Lipinski definition) is 4. The molecule has 0 aromatic heterocycles. The van der Waals surface area contributed by atoms with Crippen LogP contribution in [0.3, 0.4) is 0 Å². The standard InChI is InChI=1S/C19H22N2O3/c1-4-14-9-11-15(12-10-14)21-18(22)13(2)24-19(23)16-7-5-6-8-17(16)20-3/h5-13,20H,4H2,1-3H3,(H,21,22)/t13-/m0/s1. The van der Waals surface area contributed by atoms with E-state index in [1.807, 2.05) is 30.3 Å². The Morgan fingerprint density at radius 2 is 1.75 bits per heavy atom. The quantitative estimate of drug-likeness (QED) is 0.798. The van der Waals surface area contributed by atoms with Gasteiger partial charge in [0, 0.05) is 18.4 Å². The largest absolute Gasteiger partial charge is 0.449 e. The number of benzene rings is 2. The van der Waals surface area contributed by atoms with Crippen molar-refractivity contribution in [2.75, 3.05) is 17.7 Å². The number of ether oxygens (including phenoxy) is 1. The second kappa shape index (κ2) is 8.15. The van der Waals surface area contributed by atoms with E-state index in [-0.39, 0.29) is 5.91 Å². The van der Waals surface area contributed by atoms with Crippen LogP contribution in [0.5, 0.6) is 0 Å². The van der Waals surface area contributed by atoms with E-state index in [0.29, 0.717) is 16.9 Å². The van der Waals surface area contributed by atoms with Crippen molar-refractivity contribution in [1.29, 1.82) is 0 Å². The molecule has 0 radical (unpaired) electrons. The molecule has 2 rings (SSSR count). The average molecular weight is 326 g/mol. The highest BCUT2D eigenvalue weighted by molar-refractivity contribution is 5.99. The number of nitrogens with one attached hydrogen (secondary N) is 2. The summed E-state index contributed by atoms with van der Waals surface area (Å²) in [5.41, 5.74) is 2.92. The molecule has 24 heavy (non-hydrogen) atoms. The first kappa shape index (κ1) is 17.5. The van der Waals surface area contributed by atoms with E-state index < -0.39 is 12.1 Å². The van der Waals surface area contributed by atoms with Crippen LogP contribution in [-0.4, -0.2) is 25.0 Å². The lowest BCUT2D eigenvalue weighted by Gasteiger charge is -2.15.